The lowest BCUT2D eigenvalue weighted by Gasteiger charge is -2.53. The molecule has 2 unspecified atom stereocenters. The average Bonchev–Trinajstić information content (AvgIpc) is 3.46. The summed E-state index contributed by atoms with van der Waals surface area (Å²) in [5, 5.41) is 26.2. The molecule has 3 atom stereocenters. The first-order chi connectivity index (χ1) is 17.4. The molecular formula is C15H18N10O8S4. The van der Waals surface area contributed by atoms with E-state index in [1.54, 1.807) is 0 Å². The lowest BCUT2D eigenvalue weighted by atomic mass is 9.89. The van der Waals surface area contributed by atoms with E-state index in [1.165, 1.54) is 12.0 Å². The average molecular weight is 595 g/mol. The number of rotatable bonds is 10. The molecule has 37 heavy (non-hydrogen) atoms. The lowest BCUT2D eigenvalue weighted by Crippen LogP contribution is -2.74. The van der Waals surface area contributed by atoms with E-state index in [9.17, 15) is 27.9 Å². The normalized spacial score (nSPS) is 23.8. The summed E-state index contributed by atoms with van der Waals surface area (Å²) in [4.78, 5) is 47.8. The van der Waals surface area contributed by atoms with E-state index < -0.39 is 50.6 Å². The van der Waals surface area contributed by atoms with Gasteiger partial charge in [-0.25, -0.2) is 4.68 Å². The molecule has 2 aromatic heterocycles. The number of thioether (sulfide) groups is 2. The molecule has 2 fully saturated rings. The summed E-state index contributed by atoms with van der Waals surface area (Å²) in [7, 11) is -3.21. The summed E-state index contributed by atoms with van der Waals surface area (Å²) in [5.41, 5.74) is 3.86. The van der Waals surface area contributed by atoms with E-state index in [2.05, 4.69) is 40.2 Å². The van der Waals surface area contributed by atoms with E-state index in [0.717, 1.165) is 39.7 Å². The highest BCUT2D eigenvalue weighted by Gasteiger charge is 2.57. The molecule has 5 N–H and O–H groups in total. The minimum Gasteiger partial charge on any atom is -0.481 e. The Morgan fingerprint density at radius 2 is 2.19 bits per heavy atom. The number of β-lactam (4-membered cyclic amide) rings is 1. The Labute approximate surface area is 220 Å². The molecule has 0 radical (unpaired) electrons. The van der Waals surface area contributed by atoms with Crippen LogP contribution in [0.3, 0.4) is 0 Å². The van der Waals surface area contributed by atoms with Crippen molar-refractivity contribution in [2.75, 3.05) is 30.9 Å². The Morgan fingerprint density at radius 3 is 2.81 bits per heavy atom. The molecule has 2 saturated heterocycles. The van der Waals surface area contributed by atoms with Crippen molar-refractivity contribution in [3.05, 3.63) is 5.82 Å². The fraction of sp³-hybridized carbons (Fsp3) is 0.533. The third-order valence-electron chi connectivity index (χ3n) is 5.20. The van der Waals surface area contributed by atoms with Gasteiger partial charge in [-0.1, -0.05) is 16.9 Å². The highest BCUT2D eigenvalue weighted by atomic mass is 32.2. The van der Waals surface area contributed by atoms with Gasteiger partial charge in [0.05, 0.1) is 0 Å². The first-order valence-electron chi connectivity index (χ1n) is 9.95. The molecule has 0 saturated carbocycles. The molecule has 0 bridgehead atoms. The van der Waals surface area contributed by atoms with Gasteiger partial charge in [0.1, 0.15) is 23.9 Å². The molecule has 2 amide bonds. The second-order valence-electron chi connectivity index (χ2n) is 7.74. The van der Waals surface area contributed by atoms with Gasteiger partial charge in [0.2, 0.25) is 22.6 Å². The maximum absolute atomic E-state index is 12.9. The van der Waals surface area contributed by atoms with E-state index >= 15 is 0 Å². The molecule has 2 aliphatic rings. The zero-order chi connectivity index (χ0) is 27.0. The van der Waals surface area contributed by atoms with E-state index in [-0.39, 0.29) is 39.9 Å². The van der Waals surface area contributed by atoms with Gasteiger partial charge >= 0.3 is 5.97 Å². The highest BCUT2D eigenvalue weighted by Crippen LogP contribution is 2.44. The molecule has 2 aromatic rings. The molecule has 0 aromatic carbocycles. The fourth-order valence-corrected chi connectivity index (χ4v) is 7.20. The van der Waals surface area contributed by atoms with Crippen molar-refractivity contribution in [3.63, 3.8) is 0 Å². The number of carboxylic acids is 1. The Balaban J connectivity index is 1.43. The molecule has 0 spiro atoms. The molecule has 0 aliphatic carbocycles. The minimum absolute atomic E-state index is 0.0216. The number of carbonyl (C=O) groups is 3. The van der Waals surface area contributed by atoms with Crippen LogP contribution in [-0.4, -0.2) is 113 Å². The zero-order valence-corrected chi connectivity index (χ0v) is 21.9. The second kappa shape index (κ2) is 10.4. The van der Waals surface area contributed by atoms with Crippen molar-refractivity contribution in [1.82, 2.24) is 39.8 Å². The monoisotopic (exact) mass is 594 g/mol. The largest absolute Gasteiger partial charge is 0.481 e. The number of nitrogens with zero attached hydrogens (tertiary/aromatic N) is 8. The quantitative estimate of drug-likeness (QED) is 0.0732. The third-order valence-corrected chi connectivity index (χ3v) is 9.15. The van der Waals surface area contributed by atoms with Crippen LogP contribution in [0.5, 0.6) is 0 Å². The smallest absolute Gasteiger partial charge is 0.313 e. The lowest BCUT2D eigenvalue weighted by molar-refractivity contribution is -0.157. The zero-order valence-electron chi connectivity index (χ0n) is 18.6. The highest BCUT2D eigenvalue weighted by molar-refractivity contribution is 8.00. The van der Waals surface area contributed by atoms with Crippen LogP contribution in [0.4, 0.5) is 5.13 Å². The minimum atomic E-state index is -4.43. The van der Waals surface area contributed by atoms with Crippen molar-refractivity contribution in [2.24, 2.45) is 10.6 Å². The Morgan fingerprint density at radius 1 is 1.43 bits per heavy atom. The number of amides is 2. The van der Waals surface area contributed by atoms with Crippen LogP contribution in [0.15, 0.2) is 10.3 Å². The van der Waals surface area contributed by atoms with E-state index in [0.29, 0.717) is 0 Å². The summed E-state index contributed by atoms with van der Waals surface area (Å²) in [6.07, 6.45) is 0. The number of nitrogens with one attached hydrogen (secondary N) is 1. The SMILES string of the molecule is CON=C(C(=O)NC1C(=O)N2CC(CSc3nnnn3CS(=O)(=O)O)(C(=O)O)CS[C@H]12)c1nsc(N)n1. The van der Waals surface area contributed by atoms with Gasteiger partial charge in [0.15, 0.2) is 11.0 Å². The van der Waals surface area contributed by atoms with Gasteiger partial charge in [-0.2, -0.15) is 17.8 Å². The molecule has 4 heterocycles. The summed E-state index contributed by atoms with van der Waals surface area (Å²) < 4.78 is 36.1. The fourth-order valence-electron chi connectivity index (χ4n) is 3.46. The summed E-state index contributed by atoms with van der Waals surface area (Å²) in [5.74, 6) is -3.45. The predicted octanol–water partition coefficient (Wildman–Crippen LogP) is -2.43. The number of nitrogen functional groups attached to an aromatic ring is 1. The Kier molecular flexibility index (Phi) is 7.55. The van der Waals surface area contributed by atoms with Crippen LogP contribution in [-0.2, 0) is 35.2 Å². The number of oxime groups is 1. The Bertz CT molecular complexity index is 1360. The van der Waals surface area contributed by atoms with Crippen molar-refractivity contribution >= 4 is 73.8 Å². The summed E-state index contributed by atoms with van der Waals surface area (Å²) in [6.45, 7) is -0.165. The number of fused-ring (bicyclic) bond motifs is 1. The molecule has 18 nitrogen and oxygen atoms in total. The van der Waals surface area contributed by atoms with Crippen molar-refractivity contribution < 1.29 is 37.3 Å². The maximum Gasteiger partial charge on any atom is 0.313 e. The molecule has 4 rings (SSSR count). The van der Waals surface area contributed by atoms with Gasteiger partial charge in [0, 0.05) is 29.6 Å². The van der Waals surface area contributed by atoms with Crippen molar-refractivity contribution in [1.29, 1.82) is 0 Å². The van der Waals surface area contributed by atoms with Crippen LogP contribution in [0, 0.1) is 5.41 Å². The van der Waals surface area contributed by atoms with Gasteiger partial charge in [-0.05, 0) is 10.4 Å². The second-order valence-corrected chi connectivity index (χ2v) is 12.0. The number of carbonyl (C=O) groups excluding carboxylic acids is 2. The van der Waals surface area contributed by atoms with Crippen LogP contribution in [0.2, 0.25) is 0 Å². The third kappa shape index (κ3) is 5.61. The molecule has 200 valence electrons. The summed E-state index contributed by atoms with van der Waals surface area (Å²) in [6, 6.07) is -0.947. The number of tetrazole rings is 1. The first-order valence-corrected chi connectivity index (χ1v) is 14.4. The molecular weight excluding hydrogens is 576 g/mol. The van der Waals surface area contributed by atoms with E-state index in [1.807, 2.05) is 0 Å². The topological polar surface area (TPSA) is 258 Å². The maximum atomic E-state index is 12.9. The number of anilines is 1. The van der Waals surface area contributed by atoms with Gasteiger partial charge < -0.3 is 25.9 Å². The van der Waals surface area contributed by atoms with E-state index in [4.69, 9.17) is 10.3 Å². The summed E-state index contributed by atoms with van der Waals surface area (Å²) >= 11 is 2.88. The molecule has 22 heteroatoms. The number of aliphatic carboxylic acids is 1. The Hall–Kier alpha value is -3.08. The number of hydrogen-bond donors (Lipinski definition) is 4. The molecule has 2 aliphatic heterocycles. The standard InChI is InChI=1S/C15H18N10O8S4/c1-33-20-6(8-18-13(16)36-21-8)9(26)17-7-10(27)24-2-15(12(28)29,3-34-11(7)24)4-35-14-19-22-23-25(14)5-37(30,31)32/h7,11H,2-5H2,1H3,(H,17,26)(H,28,29)(H2,16,18,21)(H,30,31,32)/t7?,11-,15?/m1/s1. The number of hydrogen-bond acceptors (Lipinski definition) is 16. The number of nitrogens with two attached hydrogens (primary N) is 1. The van der Waals surface area contributed by atoms with Crippen LogP contribution >= 0.6 is 35.1 Å². The van der Waals surface area contributed by atoms with Crippen LogP contribution in [0.1, 0.15) is 5.82 Å². The van der Waals surface area contributed by atoms with Crippen molar-refractivity contribution in [2.45, 2.75) is 22.4 Å². The predicted molar refractivity (Wildman–Crippen MR) is 128 cm³/mol. The van der Waals surface area contributed by atoms with Gasteiger partial charge in [-0.3, -0.25) is 18.9 Å². The number of carboxylic acid groups (broad SMARTS) is 1. The van der Waals surface area contributed by atoms with Crippen molar-refractivity contribution in [3.8, 4) is 0 Å². The van der Waals surface area contributed by atoms with Gasteiger partial charge in [0.25, 0.3) is 16.0 Å². The first kappa shape index (κ1) is 27.0. The van der Waals surface area contributed by atoms with Crippen LogP contribution in [0.25, 0.3) is 0 Å². The number of aromatic nitrogens is 6. The van der Waals surface area contributed by atoms with Gasteiger partial charge in [-0.15, -0.1) is 16.9 Å². The van der Waals surface area contributed by atoms with Crippen LogP contribution < -0.4 is 11.1 Å².